The van der Waals surface area contributed by atoms with Crippen LogP contribution in [-0.2, 0) is 28.6 Å². The summed E-state index contributed by atoms with van der Waals surface area (Å²) in [5.74, 6) is -1.66. The summed E-state index contributed by atoms with van der Waals surface area (Å²) in [6.45, 7) is 3.84. The number of esters is 3. The number of hydrogen-bond donors (Lipinski definition) is 1. The first-order valence-electron chi connectivity index (χ1n) is 10.4. The molecule has 0 saturated heterocycles. The highest BCUT2D eigenvalue weighted by Crippen LogP contribution is 2.49. The van der Waals surface area contributed by atoms with Crippen molar-refractivity contribution in [2.75, 3.05) is 20.0 Å². The van der Waals surface area contributed by atoms with Gasteiger partial charge in [0.25, 0.3) is 5.91 Å². The molecule has 11 nitrogen and oxygen atoms in total. The average molecular weight is 461 g/mol. The predicted molar refractivity (Wildman–Crippen MR) is 110 cm³/mol. The molecule has 3 atom stereocenters. The van der Waals surface area contributed by atoms with E-state index in [4.69, 9.17) is 28.4 Å². The normalized spacial score (nSPS) is 22.2. The van der Waals surface area contributed by atoms with Crippen molar-refractivity contribution in [1.82, 2.24) is 5.32 Å². The van der Waals surface area contributed by atoms with Gasteiger partial charge in [0.2, 0.25) is 12.5 Å². The van der Waals surface area contributed by atoms with Gasteiger partial charge in [-0.2, -0.15) is 0 Å². The van der Waals surface area contributed by atoms with E-state index in [1.807, 2.05) is 0 Å². The lowest BCUT2D eigenvalue weighted by molar-refractivity contribution is -0.166. The molecule has 2 heterocycles. The molecule has 1 N–H and O–H groups in total. The van der Waals surface area contributed by atoms with E-state index in [9.17, 15) is 19.2 Å². The Kier molecular flexibility index (Phi) is 6.12. The van der Waals surface area contributed by atoms with Gasteiger partial charge in [0.05, 0.1) is 18.2 Å². The van der Waals surface area contributed by atoms with E-state index in [2.05, 4.69) is 5.32 Å². The number of rotatable bonds is 6. The molecule has 0 radical (unpaired) electrons. The first kappa shape index (κ1) is 22.4. The number of amides is 1. The van der Waals surface area contributed by atoms with Crippen LogP contribution in [0.2, 0.25) is 0 Å². The van der Waals surface area contributed by atoms with Crippen LogP contribution < -0.4 is 19.5 Å². The molecule has 1 aromatic rings. The minimum atomic E-state index is -0.933. The van der Waals surface area contributed by atoms with E-state index >= 15 is 0 Å². The maximum Gasteiger partial charge on any atom is 0.344 e. The van der Waals surface area contributed by atoms with Crippen LogP contribution in [0.25, 0.3) is 5.57 Å². The molecular weight excluding hydrogens is 438 g/mol. The smallest absolute Gasteiger partial charge is 0.344 e. The van der Waals surface area contributed by atoms with Gasteiger partial charge in [-0.05, 0) is 24.1 Å². The maximum atomic E-state index is 13.2. The first-order chi connectivity index (χ1) is 15.8. The lowest BCUT2D eigenvalue weighted by atomic mass is 9.80. The lowest BCUT2D eigenvalue weighted by Gasteiger charge is -2.40. The topological polar surface area (TPSA) is 136 Å². The minimum absolute atomic E-state index is 0.0519. The molecular formula is C22H23NO10. The van der Waals surface area contributed by atoms with E-state index in [1.165, 1.54) is 13.8 Å². The van der Waals surface area contributed by atoms with Crippen molar-refractivity contribution >= 4 is 29.4 Å². The Labute approximate surface area is 188 Å². The Morgan fingerprint density at radius 3 is 2.61 bits per heavy atom. The first-order valence-corrected chi connectivity index (χ1v) is 10.4. The fourth-order valence-electron chi connectivity index (χ4n) is 4.15. The van der Waals surface area contributed by atoms with Gasteiger partial charge in [0.15, 0.2) is 24.2 Å². The van der Waals surface area contributed by atoms with Crippen LogP contribution in [0, 0.1) is 0 Å². The summed E-state index contributed by atoms with van der Waals surface area (Å²) in [5, 5.41) is 2.81. The summed E-state index contributed by atoms with van der Waals surface area (Å²) in [6.07, 6.45) is 0.355. The molecule has 0 bridgehead atoms. The molecule has 176 valence electrons. The van der Waals surface area contributed by atoms with E-state index in [0.29, 0.717) is 16.9 Å². The second-order valence-corrected chi connectivity index (χ2v) is 7.52. The molecule has 1 aromatic carbocycles. The van der Waals surface area contributed by atoms with Crippen LogP contribution in [0.5, 0.6) is 17.2 Å². The van der Waals surface area contributed by atoms with Gasteiger partial charge in [-0.3, -0.25) is 14.4 Å². The molecule has 4 rings (SSSR count). The lowest BCUT2D eigenvalue weighted by Crippen LogP contribution is -2.56. The Bertz CT molecular complexity index is 1050. The van der Waals surface area contributed by atoms with Gasteiger partial charge in [-0.1, -0.05) is 6.08 Å². The Balaban J connectivity index is 1.77. The molecule has 0 spiro atoms. The second kappa shape index (κ2) is 9.00. The maximum absolute atomic E-state index is 13.2. The number of fused-ring (bicyclic) bond motifs is 4. The fourth-order valence-corrected chi connectivity index (χ4v) is 4.15. The monoisotopic (exact) mass is 461 g/mol. The van der Waals surface area contributed by atoms with Gasteiger partial charge in [0, 0.05) is 20.3 Å². The molecule has 33 heavy (non-hydrogen) atoms. The predicted octanol–water partition coefficient (Wildman–Crippen LogP) is 1.12. The molecule has 3 aliphatic rings. The number of hydrogen-bond acceptors (Lipinski definition) is 10. The standard InChI is InChI=1S/C22H23NO10/c1-4-28-16(26)8-29-21-17-13(7-15-20(21)31-9-30-15)12-5-6-14(32-10(2)24)19(33-11(3)25)18(12)23-22(17)27/h5,7,14,18-19H,4,6,8-9H2,1-3H3,(H,23,27)/t14-,18-,19-/m1/s1. The van der Waals surface area contributed by atoms with Crippen molar-refractivity contribution < 1.29 is 47.6 Å². The summed E-state index contributed by atoms with van der Waals surface area (Å²) in [7, 11) is 0. The molecule has 0 saturated carbocycles. The number of nitrogens with one attached hydrogen (secondary N) is 1. The third-order valence-corrected chi connectivity index (χ3v) is 5.30. The van der Waals surface area contributed by atoms with Crippen LogP contribution in [0.1, 0.15) is 43.1 Å². The molecule has 0 unspecified atom stereocenters. The SMILES string of the molecule is CCOC(=O)COc1c2c(cc3c1C(=O)N[C@@H]1C3=CC[C@@H](OC(C)=O)[C@H]1OC(C)=O)OCO2. The van der Waals surface area contributed by atoms with Gasteiger partial charge in [0.1, 0.15) is 6.10 Å². The molecule has 2 aliphatic heterocycles. The van der Waals surface area contributed by atoms with Crippen LogP contribution in [0.15, 0.2) is 12.1 Å². The van der Waals surface area contributed by atoms with Gasteiger partial charge < -0.3 is 33.7 Å². The molecule has 0 fully saturated rings. The Morgan fingerprint density at radius 2 is 1.91 bits per heavy atom. The quantitative estimate of drug-likeness (QED) is 0.485. The number of carbonyl (C=O) groups excluding carboxylic acids is 4. The van der Waals surface area contributed by atoms with Crippen LogP contribution in [0.4, 0.5) is 0 Å². The minimum Gasteiger partial charge on any atom is -0.477 e. The Morgan fingerprint density at radius 1 is 1.15 bits per heavy atom. The van der Waals surface area contributed by atoms with E-state index in [-0.39, 0.29) is 36.9 Å². The molecule has 1 amide bonds. The van der Waals surface area contributed by atoms with Gasteiger partial charge >= 0.3 is 17.9 Å². The molecule has 11 heteroatoms. The summed E-state index contributed by atoms with van der Waals surface area (Å²) >= 11 is 0. The van der Waals surface area contributed by atoms with Crippen molar-refractivity contribution in [3.8, 4) is 17.2 Å². The highest BCUT2D eigenvalue weighted by Gasteiger charge is 2.46. The van der Waals surface area contributed by atoms with Crippen molar-refractivity contribution in [3.63, 3.8) is 0 Å². The zero-order valence-electron chi connectivity index (χ0n) is 18.3. The van der Waals surface area contributed by atoms with Gasteiger partial charge in [-0.15, -0.1) is 0 Å². The van der Waals surface area contributed by atoms with Crippen molar-refractivity contribution in [2.45, 2.75) is 45.4 Å². The highest BCUT2D eigenvalue weighted by molar-refractivity contribution is 6.07. The summed E-state index contributed by atoms with van der Waals surface area (Å²) in [6, 6.07) is 0.869. The van der Waals surface area contributed by atoms with E-state index in [0.717, 1.165) is 0 Å². The number of carbonyl (C=O) groups is 4. The van der Waals surface area contributed by atoms with Crippen molar-refractivity contribution in [2.24, 2.45) is 0 Å². The van der Waals surface area contributed by atoms with Crippen molar-refractivity contribution in [1.29, 1.82) is 0 Å². The summed E-state index contributed by atoms with van der Waals surface area (Å²) in [4.78, 5) is 48.4. The van der Waals surface area contributed by atoms with Crippen molar-refractivity contribution in [3.05, 3.63) is 23.3 Å². The molecule has 1 aliphatic carbocycles. The summed E-state index contributed by atoms with van der Waals surface area (Å²) in [5.41, 5.74) is 1.27. The summed E-state index contributed by atoms with van der Waals surface area (Å²) < 4.78 is 32.3. The fraction of sp³-hybridized carbons (Fsp3) is 0.455. The average Bonchev–Trinajstić information content (AvgIpc) is 3.21. The number of benzene rings is 1. The third-order valence-electron chi connectivity index (χ3n) is 5.30. The molecule has 0 aromatic heterocycles. The highest BCUT2D eigenvalue weighted by atomic mass is 16.7. The second-order valence-electron chi connectivity index (χ2n) is 7.52. The Hall–Kier alpha value is -3.76. The largest absolute Gasteiger partial charge is 0.477 e. The van der Waals surface area contributed by atoms with E-state index in [1.54, 1.807) is 19.1 Å². The van der Waals surface area contributed by atoms with Crippen LogP contribution >= 0.6 is 0 Å². The van der Waals surface area contributed by atoms with Crippen LogP contribution in [-0.4, -0.2) is 62.1 Å². The van der Waals surface area contributed by atoms with Gasteiger partial charge in [-0.25, -0.2) is 4.79 Å². The zero-order chi connectivity index (χ0) is 23.7. The van der Waals surface area contributed by atoms with E-state index < -0.39 is 48.7 Å². The third kappa shape index (κ3) is 4.30. The van der Waals surface area contributed by atoms with Crippen LogP contribution in [0.3, 0.4) is 0 Å². The zero-order valence-corrected chi connectivity index (χ0v) is 18.3. The number of ether oxygens (including phenoxy) is 6.